The molecule has 148 valence electrons. The molecule has 4 nitrogen and oxygen atoms in total. The fourth-order valence-electron chi connectivity index (χ4n) is 2.71. The Balaban J connectivity index is 1.58. The van der Waals surface area contributed by atoms with Crippen molar-refractivity contribution >= 4 is 46.6 Å². The molecule has 0 atom stereocenters. The standard InChI is InChI=1S/C23H21ClN2O2S/c1-15-6-3-4-9-20(15)23(28)26-17-7-5-8-19(12-17)29-14-22(27)25-18-11-10-16(2)21(24)13-18/h3-13H,14H2,1-2H3,(H,25,27)(H,26,28). The third-order valence-corrected chi connectivity index (χ3v) is 5.71. The van der Waals surface area contributed by atoms with Crippen molar-refractivity contribution in [1.29, 1.82) is 0 Å². The molecule has 0 unspecified atom stereocenters. The summed E-state index contributed by atoms with van der Waals surface area (Å²) < 4.78 is 0. The van der Waals surface area contributed by atoms with Gasteiger partial charge in [-0.25, -0.2) is 0 Å². The molecule has 0 heterocycles. The second-order valence-electron chi connectivity index (χ2n) is 6.60. The van der Waals surface area contributed by atoms with E-state index in [0.29, 0.717) is 22.0 Å². The van der Waals surface area contributed by atoms with Crippen molar-refractivity contribution in [3.05, 3.63) is 88.4 Å². The molecule has 0 aromatic heterocycles. The lowest BCUT2D eigenvalue weighted by Gasteiger charge is -2.10. The van der Waals surface area contributed by atoms with Crippen molar-refractivity contribution in [1.82, 2.24) is 0 Å². The second-order valence-corrected chi connectivity index (χ2v) is 8.05. The van der Waals surface area contributed by atoms with Gasteiger partial charge in [0, 0.05) is 26.9 Å². The molecular weight excluding hydrogens is 404 g/mol. The van der Waals surface area contributed by atoms with Crippen LogP contribution in [-0.4, -0.2) is 17.6 Å². The van der Waals surface area contributed by atoms with E-state index in [1.165, 1.54) is 11.8 Å². The molecule has 0 saturated heterocycles. The summed E-state index contributed by atoms with van der Waals surface area (Å²) in [4.78, 5) is 25.6. The van der Waals surface area contributed by atoms with Gasteiger partial charge in [0.15, 0.2) is 0 Å². The number of anilines is 2. The smallest absolute Gasteiger partial charge is 0.255 e. The van der Waals surface area contributed by atoms with Gasteiger partial charge in [-0.1, -0.05) is 41.9 Å². The van der Waals surface area contributed by atoms with E-state index < -0.39 is 0 Å². The molecule has 0 saturated carbocycles. The van der Waals surface area contributed by atoms with Crippen LogP contribution in [-0.2, 0) is 4.79 Å². The predicted molar refractivity (Wildman–Crippen MR) is 121 cm³/mol. The van der Waals surface area contributed by atoms with E-state index in [1.54, 1.807) is 12.1 Å². The number of hydrogen-bond acceptors (Lipinski definition) is 3. The van der Waals surface area contributed by atoms with Crippen molar-refractivity contribution in [2.24, 2.45) is 0 Å². The summed E-state index contributed by atoms with van der Waals surface area (Å²) in [5, 5.41) is 6.37. The lowest BCUT2D eigenvalue weighted by molar-refractivity contribution is -0.113. The van der Waals surface area contributed by atoms with Gasteiger partial charge in [-0.15, -0.1) is 11.8 Å². The Bertz CT molecular complexity index is 1050. The maximum Gasteiger partial charge on any atom is 0.255 e. The molecule has 0 radical (unpaired) electrons. The van der Waals surface area contributed by atoms with Crippen molar-refractivity contribution in [3.8, 4) is 0 Å². The Kier molecular flexibility index (Phi) is 6.96. The molecule has 3 aromatic carbocycles. The van der Waals surface area contributed by atoms with Gasteiger partial charge in [-0.05, 0) is 61.4 Å². The van der Waals surface area contributed by atoms with Gasteiger partial charge in [0.2, 0.25) is 5.91 Å². The highest BCUT2D eigenvalue weighted by atomic mass is 35.5. The molecule has 0 aliphatic carbocycles. The monoisotopic (exact) mass is 424 g/mol. The molecule has 29 heavy (non-hydrogen) atoms. The van der Waals surface area contributed by atoms with Crippen LogP contribution in [0.4, 0.5) is 11.4 Å². The molecule has 6 heteroatoms. The van der Waals surface area contributed by atoms with Gasteiger partial charge in [-0.3, -0.25) is 9.59 Å². The Morgan fingerprint density at radius 3 is 2.38 bits per heavy atom. The average Bonchev–Trinajstić information content (AvgIpc) is 2.70. The number of carbonyl (C=O) groups is 2. The summed E-state index contributed by atoms with van der Waals surface area (Å²) in [6.45, 7) is 3.82. The summed E-state index contributed by atoms with van der Waals surface area (Å²) in [5.74, 6) is -0.0238. The van der Waals surface area contributed by atoms with E-state index in [9.17, 15) is 9.59 Å². The molecule has 0 fully saturated rings. The SMILES string of the molecule is Cc1ccc(NC(=O)CSc2cccc(NC(=O)c3ccccc3C)c2)cc1Cl. The first kappa shape index (κ1) is 21.0. The third kappa shape index (κ3) is 5.86. The van der Waals surface area contributed by atoms with Crippen LogP contribution in [0.5, 0.6) is 0 Å². The molecule has 3 aromatic rings. The largest absolute Gasteiger partial charge is 0.325 e. The number of benzene rings is 3. The molecule has 0 spiro atoms. The van der Waals surface area contributed by atoms with E-state index >= 15 is 0 Å². The topological polar surface area (TPSA) is 58.2 Å². The molecule has 0 aliphatic rings. The maximum atomic E-state index is 12.5. The minimum absolute atomic E-state index is 0.121. The van der Waals surface area contributed by atoms with Gasteiger partial charge in [0.1, 0.15) is 0 Å². The minimum Gasteiger partial charge on any atom is -0.325 e. The molecule has 0 aliphatic heterocycles. The van der Waals surface area contributed by atoms with Gasteiger partial charge in [-0.2, -0.15) is 0 Å². The Morgan fingerprint density at radius 1 is 0.862 bits per heavy atom. The highest BCUT2D eigenvalue weighted by molar-refractivity contribution is 8.00. The number of carbonyl (C=O) groups excluding carboxylic acids is 2. The summed E-state index contributed by atoms with van der Waals surface area (Å²) in [6, 6.07) is 20.3. The predicted octanol–water partition coefficient (Wildman–Crippen LogP) is 5.94. The van der Waals surface area contributed by atoms with Crippen LogP contribution in [0.25, 0.3) is 0 Å². The lowest BCUT2D eigenvalue weighted by Crippen LogP contribution is -2.14. The normalized spacial score (nSPS) is 10.4. The summed E-state index contributed by atoms with van der Waals surface area (Å²) in [7, 11) is 0. The molecule has 2 N–H and O–H groups in total. The first-order valence-corrected chi connectivity index (χ1v) is 10.4. The first-order valence-electron chi connectivity index (χ1n) is 9.08. The number of nitrogens with one attached hydrogen (secondary N) is 2. The average molecular weight is 425 g/mol. The van der Waals surface area contributed by atoms with Crippen LogP contribution in [0.2, 0.25) is 5.02 Å². The molecule has 2 amide bonds. The van der Waals surface area contributed by atoms with E-state index in [2.05, 4.69) is 10.6 Å². The van der Waals surface area contributed by atoms with Crippen LogP contribution < -0.4 is 10.6 Å². The van der Waals surface area contributed by atoms with Gasteiger partial charge in [0.25, 0.3) is 5.91 Å². The number of aryl methyl sites for hydroxylation is 2. The number of amides is 2. The molecular formula is C23H21ClN2O2S. The summed E-state index contributed by atoms with van der Waals surface area (Å²) in [5.41, 5.74) is 3.88. The van der Waals surface area contributed by atoms with E-state index in [0.717, 1.165) is 16.0 Å². The van der Waals surface area contributed by atoms with Crippen LogP contribution in [0, 0.1) is 13.8 Å². The first-order chi connectivity index (χ1) is 13.9. The molecule has 3 rings (SSSR count). The summed E-state index contributed by atoms with van der Waals surface area (Å²) >= 11 is 7.49. The fraction of sp³-hybridized carbons (Fsp3) is 0.130. The minimum atomic E-state index is -0.153. The van der Waals surface area contributed by atoms with Crippen molar-refractivity contribution in [2.75, 3.05) is 16.4 Å². The number of halogens is 1. The highest BCUT2D eigenvalue weighted by Gasteiger charge is 2.10. The van der Waals surface area contributed by atoms with Crippen molar-refractivity contribution in [3.63, 3.8) is 0 Å². The second kappa shape index (κ2) is 9.63. The Hall–Kier alpha value is -2.76. The van der Waals surface area contributed by atoms with Crippen LogP contribution >= 0.6 is 23.4 Å². The lowest BCUT2D eigenvalue weighted by atomic mass is 10.1. The highest BCUT2D eigenvalue weighted by Crippen LogP contribution is 2.24. The fourth-order valence-corrected chi connectivity index (χ4v) is 3.64. The number of thioether (sulfide) groups is 1. The van der Waals surface area contributed by atoms with Crippen LogP contribution in [0.15, 0.2) is 71.6 Å². The quantitative estimate of drug-likeness (QED) is 0.481. The van der Waals surface area contributed by atoms with Crippen molar-refractivity contribution in [2.45, 2.75) is 18.7 Å². The number of rotatable bonds is 6. The number of hydrogen-bond donors (Lipinski definition) is 2. The van der Waals surface area contributed by atoms with Crippen LogP contribution in [0.3, 0.4) is 0 Å². The van der Waals surface area contributed by atoms with Gasteiger partial charge >= 0.3 is 0 Å². The van der Waals surface area contributed by atoms with Crippen molar-refractivity contribution < 1.29 is 9.59 Å². The van der Waals surface area contributed by atoms with Crippen LogP contribution in [0.1, 0.15) is 21.5 Å². The zero-order valence-electron chi connectivity index (χ0n) is 16.2. The maximum absolute atomic E-state index is 12.5. The van der Waals surface area contributed by atoms with E-state index in [1.807, 2.05) is 68.4 Å². The van der Waals surface area contributed by atoms with Gasteiger partial charge in [0.05, 0.1) is 5.75 Å². The zero-order chi connectivity index (χ0) is 20.8. The summed E-state index contributed by atoms with van der Waals surface area (Å²) in [6.07, 6.45) is 0. The molecule has 0 bridgehead atoms. The Labute approximate surface area is 179 Å². The van der Waals surface area contributed by atoms with E-state index in [-0.39, 0.29) is 17.6 Å². The zero-order valence-corrected chi connectivity index (χ0v) is 17.7. The van der Waals surface area contributed by atoms with E-state index in [4.69, 9.17) is 11.6 Å². The third-order valence-electron chi connectivity index (χ3n) is 4.31. The van der Waals surface area contributed by atoms with Gasteiger partial charge < -0.3 is 10.6 Å². The Morgan fingerprint density at radius 2 is 1.62 bits per heavy atom.